The fourth-order valence-electron chi connectivity index (χ4n) is 0.696. The van der Waals surface area contributed by atoms with Gasteiger partial charge >= 0.3 is 0 Å². The molecule has 0 saturated carbocycles. The molecule has 0 amide bonds. The smallest absolute Gasteiger partial charge is 0.0553 e. The predicted octanol–water partition coefficient (Wildman–Crippen LogP) is 1.36. The van der Waals surface area contributed by atoms with Gasteiger partial charge in [0.25, 0.3) is 0 Å². The van der Waals surface area contributed by atoms with E-state index in [4.69, 9.17) is 4.74 Å². The molecule has 2 nitrogen and oxygen atoms in total. The van der Waals surface area contributed by atoms with Gasteiger partial charge in [-0.15, -0.1) is 0 Å². The Hall–Kier alpha value is 0.270. The van der Waals surface area contributed by atoms with E-state index in [2.05, 4.69) is 19.2 Å². The van der Waals surface area contributed by atoms with E-state index in [1.807, 2.05) is 18.8 Å². The van der Waals surface area contributed by atoms with Crippen LogP contribution in [0.15, 0.2) is 0 Å². The molecular weight excluding hydrogens is 158 g/mol. The Morgan fingerprint density at radius 2 is 2.09 bits per heavy atom. The molecule has 0 aromatic heterocycles. The minimum Gasteiger partial charge on any atom is -0.384 e. The molecule has 0 bridgehead atoms. The average Bonchev–Trinajstić information content (AvgIpc) is 2.03. The van der Waals surface area contributed by atoms with Crippen molar-refractivity contribution >= 4 is 11.8 Å². The van der Waals surface area contributed by atoms with Crippen LogP contribution in [0.25, 0.3) is 0 Å². The van der Waals surface area contributed by atoms with Crippen molar-refractivity contribution in [2.75, 3.05) is 26.5 Å². The number of methoxy groups -OCH3 is 1. The number of hydrogen-bond acceptors (Lipinski definition) is 3. The highest BCUT2D eigenvalue weighted by molar-refractivity contribution is 7.99. The predicted molar refractivity (Wildman–Crippen MR) is 52.3 cm³/mol. The number of thioether (sulfide) groups is 1. The van der Waals surface area contributed by atoms with Crippen LogP contribution in [0.1, 0.15) is 13.8 Å². The largest absolute Gasteiger partial charge is 0.384 e. The van der Waals surface area contributed by atoms with Crippen LogP contribution >= 0.6 is 11.8 Å². The van der Waals surface area contributed by atoms with Crippen molar-refractivity contribution in [1.82, 2.24) is 5.32 Å². The van der Waals surface area contributed by atoms with Gasteiger partial charge in [0.2, 0.25) is 0 Å². The molecule has 0 heterocycles. The zero-order chi connectivity index (χ0) is 8.69. The highest BCUT2D eigenvalue weighted by atomic mass is 32.2. The van der Waals surface area contributed by atoms with Gasteiger partial charge in [-0.05, 0) is 14.0 Å². The summed E-state index contributed by atoms with van der Waals surface area (Å²) in [5.74, 6) is 1.09. The fraction of sp³-hybridized carbons (Fsp3) is 1.00. The summed E-state index contributed by atoms with van der Waals surface area (Å²) in [5, 5.41) is 3.89. The molecule has 0 aromatic rings. The summed E-state index contributed by atoms with van der Waals surface area (Å²) in [5.41, 5.74) is 0. The number of ether oxygens (including phenoxy) is 1. The van der Waals surface area contributed by atoms with Crippen LogP contribution < -0.4 is 5.32 Å². The van der Waals surface area contributed by atoms with E-state index in [0.29, 0.717) is 11.3 Å². The van der Waals surface area contributed by atoms with E-state index in [1.54, 1.807) is 7.11 Å². The molecule has 1 N–H and O–H groups in total. The second-order valence-corrected chi connectivity index (χ2v) is 4.13. The molecule has 2 unspecified atom stereocenters. The van der Waals surface area contributed by atoms with Crippen molar-refractivity contribution in [2.45, 2.75) is 25.1 Å². The molecule has 3 heteroatoms. The Morgan fingerprint density at radius 1 is 1.45 bits per heavy atom. The fourth-order valence-corrected chi connectivity index (χ4v) is 1.76. The standard InChI is InChI=1S/C8H19NOS/c1-7(9-3)8(2)11-6-5-10-4/h7-9H,5-6H2,1-4H3. The molecular formula is C8H19NOS. The lowest BCUT2D eigenvalue weighted by Crippen LogP contribution is -2.30. The molecule has 0 aliphatic carbocycles. The quantitative estimate of drug-likeness (QED) is 0.619. The van der Waals surface area contributed by atoms with Crippen LogP contribution in [-0.2, 0) is 4.74 Å². The lowest BCUT2D eigenvalue weighted by molar-refractivity contribution is 0.218. The topological polar surface area (TPSA) is 21.3 Å². The first-order valence-electron chi connectivity index (χ1n) is 4.00. The molecule has 0 radical (unpaired) electrons. The third-order valence-corrected chi connectivity index (χ3v) is 3.16. The number of rotatable bonds is 6. The Labute approximate surface area is 74.1 Å². The van der Waals surface area contributed by atoms with Crippen molar-refractivity contribution in [3.8, 4) is 0 Å². The van der Waals surface area contributed by atoms with Gasteiger partial charge in [-0.3, -0.25) is 0 Å². The molecule has 2 atom stereocenters. The first-order valence-corrected chi connectivity index (χ1v) is 5.05. The zero-order valence-corrected chi connectivity index (χ0v) is 8.70. The van der Waals surface area contributed by atoms with Gasteiger partial charge in [-0.25, -0.2) is 0 Å². The van der Waals surface area contributed by atoms with E-state index in [0.717, 1.165) is 12.4 Å². The SMILES string of the molecule is CNC(C)C(C)SCCOC. The first-order chi connectivity index (χ1) is 5.22. The summed E-state index contributed by atoms with van der Waals surface area (Å²) in [6, 6.07) is 0.580. The van der Waals surface area contributed by atoms with Crippen molar-refractivity contribution in [3.63, 3.8) is 0 Å². The van der Waals surface area contributed by atoms with Gasteiger partial charge in [0.15, 0.2) is 0 Å². The van der Waals surface area contributed by atoms with Gasteiger partial charge in [-0.1, -0.05) is 6.92 Å². The van der Waals surface area contributed by atoms with E-state index in [1.165, 1.54) is 0 Å². The van der Waals surface area contributed by atoms with Crippen LogP contribution in [0.3, 0.4) is 0 Å². The van der Waals surface area contributed by atoms with Crippen molar-refractivity contribution < 1.29 is 4.74 Å². The van der Waals surface area contributed by atoms with E-state index in [9.17, 15) is 0 Å². The van der Waals surface area contributed by atoms with Gasteiger partial charge in [0.05, 0.1) is 6.61 Å². The monoisotopic (exact) mass is 177 g/mol. The average molecular weight is 177 g/mol. The Balaban J connectivity index is 3.28. The summed E-state index contributed by atoms with van der Waals surface area (Å²) in [6.45, 7) is 5.29. The minimum atomic E-state index is 0.580. The van der Waals surface area contributed by atoms with Gasteiger partial charge < -0.3 is 10.1 Å². The highest BCUT2D eigenvalue weighted by Gasteiger charge is 2.08. The van der Waals surface area contributed by atoms with Gasteiger partial charge in [0.1, 0.15) is 0 Å². The second kappa shape index (κ2) is 6.95. The van der Waals surface area contributed by atoms with Crippen LogP contribution in [0.5, 0.6) is 0 Å². The molecule has 0 spiro atoms. The molecule has 0 fully saturated rings. The maximum atomic E-state index is 4.96. The van der Waals surface area contributed by atoms with Crippen LogP contribution in [0.2, 0.25) is 0 Å². The van der Waals surface area contributed by atoms with Gasteiger partial charge in [0, 0.05) is 24.2 Å². The molecule has 0 rings (SSSR count). The van der Waals surface area contributed by atoms with Crippen LogP contribution in [0.4, 0.5) is 0 Å². The summed E-state index contributed by atoms with van der Waals surface area (Å²) in [4.78, 5) is 0. The van der Waals surface area contributed by atoms with E-state index in [-0.39, 0.29) is 0 Å². The molecule has 11 heavy (non-hydrogen) atoms. The summed E-state index contributed by atoms with van der Waals surface area (Å²) < 4.78 is 4.96. The molecule has 0 saturated heterocycles. The Kier molecular flexibility index (Phi) is 7.12. The number of hydrogen-bond donors (Lipinski definition) is 1. The maximum absolute atomic E-state index is 4.96. The van der Waals surface area contributed by atoms with Crippen molar-refractivity contribution in [3.05, 3.63) is 0 Å². The highest BCUT2D eigenvalue weighted by Crippen LogP contribution is 2.13. The van der Waals surface area contributed by atoms with E-state index >= 15 is 0 Å². The molecule has 0 aliphatic heterocycles. The zero-order valence-electron chi connectivity index (χ0n) is 7.89. The lowest BCUT2D eigenvalue weighted by atomic mass is 10.3. The Morgan fingerprint density at radius 3 is 2.55 bits per heavy atom. The summed E-state index contributed by atoms with van der Waals surface area (Å²) >= 11 is 1.95. The molecule has 0 aromatic carbocycles. The summed E-state index contributed by atoms with van der Waals surface area (Å²) in [7, 11) is 3.74. The third-order valence-electron chi connectivity index (χ3n) is 1.83. The second-order valence-electron chi connectivity index (χ2n) is 2.65. The number of nitrogens with one attached hydrogen (secondary N) is 1. The third kappa shape index (κ3) is 5.53. The van der Waals surface area contributed by atoms with Crippen LogP contribution in [-0.4, -0.2) is 37.8 Å². The Bertz CT molecular complexity index is 90.2. The van der Waals surface area contributed by atoms with Crippen LogP contribution in [0, 0.1) is 0 Å². The molecule has 0 aliphatic rings. The lowest BCUT2D eigenvalue weighted by Gasteiger charge is -2.18. The summed E-state index contributed by atoms with van der Waals surface area (Å²) in [6.07, 6.45) is 0. The minimum absolute atomic E-state index is 0.580. The maximum Gasteiger partial charge on any atom is 0.0553 e. The normalized spacial score (nSPS) is 16.4. The van der Waals surface area contributed by atoms with Gasteiger partial charge in [-0.2, -0.15) is 11.8 Å². The van der Waals surface area contributed by atoms with Crippen molar-refractivity contribution in [1.29, 1.82) is 0 Å². The van der Waals surface area contributed by atoms with Crippen molar-refractivity contribution in [2.24, 2.45) is 0 Å². The molecule has 68 valence electrons. The first kappa shape index (κ1) is 11.3. The van der Waals surface area contributed by atoms with E-state index < -0.39 is 0 Å².